The molecular formula is C72H88N4O20S2. The highest BCUT2D eigenvalue weighted by Gasteiger charge is 2.69. The number of hydrogen-bond donors (Lipinski definition) is 8. The number of rotatable bonds is 4. The number of likely N-dealkylation sites (tertiary alicyclic amines) is 4. The van der Waals surface area contributed by atoms with E-state index in [4.69, 9.17) is 72.9 Å². The molecule has 26 heteroatoms. The van der Waals surface area contributed by atoms with Crippen LogP contribution in [0.25, 0.3) is 0 Å². The molecule has 8 bridgehead atoms. The Kier molecular flexibility index (Phi) is 16.6. The molecule has 8 heterocycles. The van der Waals surface area contributed by atoms with Gasteiger partial charge in [-0.3, -0.25) is 18.2 Å². The molecule has 4 saturated heterocycles. The Morgan fingerprint density at radius 1 is 0.357 bits per heavy atom. The van der Waals surface area contributed by atoms with Crippen molar-refractivity contribution in [1.29, 1.82) is 0 Å². The average molecular weight is 1390 g/mol. The zero-order valence-electron chi connectivity index (χ0n) is 56.0. The van der Waals surface area contributed by atoms with Crippen LogP contribution in [0.3, 0.4) is 0 Å². The molecule has 98 heavy (non-hydrogen) atoms. The lowest BCUT2D eigenvalue weighted by Crippen LogP contribution is -2.64. The molecule has 8 aliphatic carbocycles. The Balaban J connectivity index is 0.000000102. The third-order valence-electron chi connectivity index (χ3n) is 25.4. The van der Waals surface area contributed by atoms with Crippen molar-refractivity contribution >= 4 is 20.8 Å². The minimum absolute atomic E-state index is 0.0806. The molecule has 4 fully saturated rings. The maximum atomic E-state index is 10.6. The molecule has 16 aliphatic rings. The second kappa shape index (κ2) is 24.2. The average Bonchev–Trinajstić information content (AvgIpc) is 0.853. The van der Waals surface area contributed by atoms with Crippen molar-refractivity contribution in [3.05, 3.63) is 142 Å². The van der Waals surface area contributed by atoms with Crippen LogP contribution in [0.4, 0.5) is 0 Å². The van der Waals surface area contributed by atoms with Gasteiger partial charge in [0.1, 0.15) is 48.8 Å². The first-order valence-electron chi connectivity index (χ1n) is 33.8. The summed E-state index contributed by atoms with van der Waals surface area (Å²) < 4.78 is 111. The van der Waals surface area contributed by atoms with E-state index >= 15 is 0 Å². The molecule has 8 N–H and O–H groups in total. The summed E-state index contributed by atoms with van der Waals surface area (Å²) in [5.74, 6) is 8.36. The van der Waals surface area contributed by atoms with Gasteiger partial charge in [-0.25, -0.2) is 0 Å². The van der Waals surface area contributed by atoms with Crippen LogP contribution in [0.5, 0.6) is 46.0 Å². The summed E-state index contributed by atoms with van der Waals surface area (Å²) in [6.45, 7) is 4.21. The number of ether oxygens (including phenoxy) is 8. The van der Waals surface area contributed by atoms with E-state index in [2.05, 4.69) is 96.4 Å². The van der Waals surface area contributed by atoms with Crippen LogP contribution >= 0.6 is 0 Å². The summed E-state index contributed by atoms with van der Waals surface area (Å²) in [7, 11) is 6.29. The topological polar surface area (TPSA) is 317 Å². The quantitative estimate of drug-likeness (QED) is 0.101. The van der Waals surface area contributed by atoms with Crippen molar-refractivity contribution in [3.63, 3.8) is 0 Å². The predicted octanol–water partition coefficient (Wildman–Crippen LogP) is 4.70. The second-order valence-electron chi connectivity index (χ2n) is 29.3. The second-order valence-corrected chi connectivity index (χ2v) is 31.1. The van der Waals surface area contributed by atoms with Crippen molar-refractivity contribution in [2.24, 2.45) is 23.7 Å². The number of aliphatic hydroxyl groups excluding tert-OH is 4. The van der Waals surface area contributed by atoms with Crippen LogP contribution < -0.4 is 37.9 Å². The van der Waals surface area contributed by atoms with Gasteiger partial charge < -0.3 is 77.9 Å². The normalized spacial score (nSPS) is 38.0. The SMILES string of the molecule is COc1ccc2c3c1O[C@H]1[C@@H](O)C=C[C@H]4[C@@H](C2)N(C)CC[C@@]341.COc1ccc2c3c1O[C@H]1[C@@H](O)C=C[C@H]4[C@@H](C2)N(C)CC[C@@]341.COc1ccc2c3c1O[C@H]1[C@@H](O)C=C[C@H]4[C@@H](C2)N(C)CC[C@@]341.COc1ccc2c3c1O[C@H]1[C@@H](O)C=C[C@H]4[C@@H](C2)N(C)CC[C@@]341.O=S(=O)(O)O.O=S(=O)(O)O. The maximum absolute atomic E-state index is 10.6. The number of likely N-dealkylation sites (N-methyl/N-ethyl adjacent to an activating group) is 4. The standard InChI is InChI=1S/4C18H21NO3.2H2O4S/c4*1-19-8-7-18-11-4-5-13(20)17(18)22-16-14(21-2)6-3-10(15(16)18)9-12(11)19;2*1-5(2,3)4/h4*3-6,11-13,17,20H,7-9H2,1-2H3;2*(H2,1,2,3,4)/t4*11-,12+,13-,17-,18-;;/m0000../s1. The molecule has 4 aromatic rings. The van der Waals surface area contributed by atoms with Gasteiger partial charge in [-0.1, -0.05) is 72.9 Å². The van der Waals surface area contributed by atoms with E-state index in [-0.39, 0.29) is 46.1 Å². The molecule has 4 spiro atoms. The van der Waals surface area contributed by atoms with Crippen LogP contribution in [-0.4, -0.2) is 231 Å². The lowest BCUT2D eigenvalue weighted by Gasteiger charge is -2.56. The molecule has 24 nitrogen and oxygen atoms in total. The molecule has 8 aliphatic heterocycles. The van der Waals surface area contributed by atoms with Crippen LogP contribution in [-0.2, 0) is 68.1 Å². The number of aliphatic hydroxyl groups is 4. The number of hydrogen-bond acceptors (Lipinski definition) is 20. The van der Waals surface area contributed by atoms with E-state index < -0.39 is 45.2 Å². The number of benzene rings is 4. The van der Waals surface area contributed by atoms with Gasteiger partial charge in [0.05, 0.1) is 28.4 Å². The van der Waals surface area contributed by atoms with Crippen molar-refractivity contribution < 1.29 is 93.4 Å². The van der Waals surface area contributed by atoms with Crippen LogP contribution in [0.1, 0.15) is 70.2 Å². The molecule has 0 amide bonds. The fourth-order valence-electron chi connectivity index (χ4n) is 21.6. The van der Waals surface area contributed by atoms with Crippen molar-refractivity contribution in [1.82, 2.24) is 19.6 Å². The number of methoxy groups -OCH3 is 4. The monoisotopic (exact) mass is 1390 g/mol. The molecule has 20 atom stereocenters. The van der Waals surface area contributed by atoms with Crippen LogP contribution in [0, 0.1) is 23.7 Å². The molecule has 0 aromatic heterocycles. The Morgan fingerprint density at radius 3 is 0.735 bits per heavy atom. The zero-order valence-corrected chi connectivity index (χ0v) is 57.7. The molecule has 0 unspecified atom stereocenters. The lowest BCUT2D eigenvalue weighted by atomic mass is 9.53. The van der Waals surface area contributed by atoms with E-state index in [1.807, 2.05) is 48.6 Å². The van der Waals surface area contributed by atoms with Crippen molar-refractivity contribution in [3.8, 4) is 46.0 Å². The fourth-order valence-corrected chi connectivity index (χ4v) is 21.6. The first-order valence-corrected chi connectivity index (χ1v) is 36.6. The third-order valence-corrected chi connectivity index (χ3v) is 25.4. The van der Waals surface area contributed by atoms with Crippen molar-refractivity contribution in [2.45, 2.75) is 146 Å². The van der Waals surface area contributed by atoms with Gasteiger partial charge in [0, 0.05) is 91.8 Å². The molecule has 20 rings (SSSR count). The summed E-state index contributed by atoms with van der Waals surface area (Å²) in [5.41, 5.74) is 10.4. The van der Waals surface area contributed by atoms with Crippen LogP contribution in [0.15, 0.2) is 97.1 Å². The maximum Gasteiger partial charge on any atom is 0.394 e. The van der Waals surface area contributed by atoms with E-state index in [1.54, 1.807) is 28.4 Å². The van der Waals surface area contributed by atoms with Gasteiger partial charge >= 0.3 is 20.8 Å². The summed E-state index contributed by atoms with van der Waals surface area (Å²) >= 11 is 0. The Morgan fingerprint density at radius 2 is 0.551 bits per heavy atom. The highest BCUT2D eigenvalue weighted by atomic mass is 32.3. The minimum Gasteiger partial charge on any atom is -0.493 e. The summed E-state index contributed by atoms with van der Waals surface area (Å²) in [6.07, 6.45) is 22.1. The predicted molar refractivity (Wildman–Crippen MR) is 358 cm³/mol. The molecule has 528 valence electrons. The Bertz CT molecular complexity index is 3710. The lowest BCUT2D eigenvalue weighted by molar-refractivity contribution is -0.0453. The highest BCUT2D eigenvalue weighted by molar-refractivity contribution is 7.80. The van der Waals surface area contributed by atoms with E-state index in [1.165, 1.54) is 44.5 Å². The summed E-state index contributed by atoms with van der Waals surface area (Å²) in [6, 6.07) is 18.8. The third kappa shape index (κ3) is 9.99. The summed E-state index contributed by atoms with van der Waals surface area (Å²) in [4.78, 5) is 9.89. The van der Waals surface area contributed by atoms with E-state index in [0.717, 1.165) is 124 Å². The molecule has 4 aromatic carbocycles. The van der Waals surface area contributed by atoms with Gasteiger partial charge in [0.15, 0.2) is 46.0 Å². The molecule has 0 radical (unpaired) electrons. The number of nitrogens with zero attached hydrogens (tertiary/aromatic N) is 4. The highest BCUT2D eigenvalue weighted by Crippen LogP contribution is 2.67. The van der Waals surface area contributed by atoms with Gasteiger partial charge in [-0.15, -0.1) is 0 Å². The minimum atomic E-state index is -4.67. The molecular weight excluding hydrogens is 1300 g/mol. The Labute approximate surface area is 571 Å². The molecule has 0 saturated carbocycles. The zero-order chi connectivity index (χ0) is 69.2. The van der Waals surface area contributed by atoms with Crippen molar-refractivity contribution in [2.75, 3.05) is 82.8 Å². The van der Waals surface area contributed by atoms with E-state index in [9.17, 15) is 20.4 Å². The van der Waals surface area contributed by atoms with Gasteiger partial charge in [0.2, 0.25) is 0 Å². The van der Waals surface area contributed by atoms with E-state index in [0.29, 0.717) is 47.8 Å². The first-order chi connectivity index (χ1) is 46.7. The summed E-state index contributed by atoms with van der Waals surface area (Å²) in [5, 5.41) is 42.2. The van der Waals surface area contributed by atoms with Gasteiger partial charge in [-0.05, 0) is 152 Å². The van der Waals surface area contributed by atoms with Gasteiger partial charge in [0.25, 0.3) is 0 Å². The Hall–Kier alpha value is -6.34. The largest absolute Gasteiger partial charge is 0.493 e. The smallest absolute Gasteiger partial charge is 0.394 e. The van der Waals surface area contributed by atoms with Crippen LogP contribution in [0.2, 0.25) is 0 Å². The number of piperidine rings is 4. The van der Waals surface area contributed by atoms with Gasteiger partial charge in [-0.2, -0.15) is 16.8 Å². The first kappa shape index (κ1) is 67.5. The fraction of sp³-hybridized carbons (Fsp3) is 0.556.